The second-order valence-corrected chi connectivity index (χ2v) is 5.86. The number of pyridine rings is 1. The third kappa shape index (κ3) is 4.33. The van der Waals surface area contributed by atoms with Crippen molar-refractivity contribution in [3.8, 4) is 0 Å². The lowest BCUT2D eigenvalue weighted by Gasteiger charge is -2.12. The summed E-state index contributed by atoms with van der Waals surface area (Å²) < 4.78 is 0. The number of nitrogen functional groups attached to an aromatic ring is 1. The zero-order chi connectivity index (χ0) is 14.5. The SMILES string of the molecule is CN(C)Cc1cccnc1CSc1nc(N)cc(Cl)n1. The molecule has 20 heavy (non-hydrogen) atoms. The first-order valence-electron chi connectivity index (χ1n) is 6.05. The van der Waals surface area contributed by atoms with Gasteiger partial charge in [-0.25, -0.2) is 9.97 Å². The van der Waals surface area contributed by atoms with Gasteiger partial charge in [0.05, 0.1) is 5.69 Å². The maximum atomic E-state index is 5.87. The van der Waals surface area contributed by atoms with Gasteiger partial charge in [0, 0.05) is 24.6 Å². The van der Waals surface area contributed by atoms with Crippen molar-refractivity contribution in [3.63, 3.8) is 0 Å². The van der Waals surface area contributed by atoms with Crippen molar-refractivity contribution < 1.29 is 0 Å². The molecule has 2 aromatic rings. The number of thioether (sulfide) groups is 1. The van der Waals surface area contributed by atoms with E-state index in [9.17, 15) is 0 Å². The van der Waals surface area contributed by atoms with Crippen LogP contribution in [0.2, 0.25) is 5.15 Å². The van der Waals surface area contributed by atoms with Crippen molar-refractivity contribution in [2.75, 3.05) is 19.8 Å². The van der Waals surface area contributed by atoms with Crippen LogP contribution >= 0.6 is 23.4 Å². The number of nitrogens with two attached hydrogens (primary N) is 1. The fraction of sp³-hybridized carbons (Fsp3) is 0.308. The van der Waals surface area contributed by atoms with Crippen LogP contribution in [0.25, 0.3) is 0 Å². The molecule has 0 spiro atoms. The van der Waals surface area contributed by atoms with E-state index in [1.807, 2.05) is 20.2 Å². The molecule has 0 radical (unpaired) electrons. The van der Waals surface area contributed by atoms with Crippen LogP contribution in [0.5, 0.6) is 0 Å². The minimum atomic E-state index is 0.356. The standard InChI is InChI=1S/C13H16ClN5S/c1-19(2)7-9-4-3-5-16-10(9)8-20-13-17-11(14)6-12(15)18-13/h3-6H,7-8H2,1-2H3,(H2,15,17,18). The Morgan fingerprint density at radius 2 is 2.15 bits per heavy atom. The van der Waals surface area contributed by atoms with Crippen LogP contribution in [0.3, 0.4) is 0 Å². The number of hydrogen-bond acceptors (Lipinski definition) is 6. The van der Waals surface area contributed by atoms with E-state index in [4.69, 9.17) is 17.3 Å². The van der Waals surface area contributed by atoms with Crippen LogP contribution in [0.15, 0.2) is 29.6 Å². The molecule has 0 aliphatic heterocycles. The lowest BCUT2D eigenvalue weighted by atomic mass is 10.2. The van der Waals surface area contributed by atoms with E-state index in [1.54, 1.807) is 6.20 Å². The van der Waals surface area contributed by atoms with Gasteiger partial charge in [0.15, 0.2) is 5.16 Å². The quantitative estimate of drug-likeness (QED) is 0.520. The van der Waals surface area contributed by atoms with Gasteiger partial charge in [-0.15, -0.1) is 0 Å². The Kier molecular flexibility index (Phi) is 5.17. The molecule has 0 bridgehead atoms. The highest BCUT2D eigenvalue weighted by Gasteiger charge is 2.08. The van der Waals surface area contributed by atoms with E-state index in [0.29, 0.717) is 21.9 Å². The second kappa shape index (κ2) is 6.88. The molecule has 0 saturated carbocycles. The van der Waals surface area contributed by atoms with Gasteiger partial charge in [-0.3, -0.25) is 4.98 Å². The third-order valence-electron chi connectivity index (χ3n) is 2.50. The maximum absolute atomic E-state index is 5.87. The molecular weight excluding hydrogens is 294 g/mol. The van der Waals surface area contributed by atoms with Gasteiger partial charge < -0.3 is 10.6 Å². The van der Waals surface area contributed by atoms with Gasteiger partial charge in [-0.05, 0) is 25.7 Å². The molecule has 2 aromatic heterocycles. The highest BCUT2D eigenvalue weighted by Crippen LogP contribution is 2.23. The fourth-order valence-corrected chi connectivity index (χ4v) is 2.80. The van der Waals surface area contributed by atoms with Gasteiger partial charge in [0.25, 0.3) is 0 Å². The van der Waals surface area contributed by atoms with Gasteiger partial charge in [0.2, 0.25) is 0 Å². The number of halogens is 1. The number of aromatic nitrogens is 3. The zero-order valence-corrected chi connectivity index (χ0v) is 12.9. The molecule has 2 rings (SSSR count). The van der Waals surface area contributed by atoms with E-state index < -0.39 is 0 Å². The summed E-state index contributed by atoms with van der Waals surface area (Å²) >= 11 is 7.34. The summed E-state index contributed by atoms with van der Waals surface area (Å²) in [5.74, 6) is 1.06. The largest absolute Gasteiger partial charge is 0.384 e. The lowest BCUT2D eigenvalue weighted by Crippen LogP contribution is -2.12. The molecule has 5 nitrogen and oxygen atoms in total. The molecule has 0 unspecified atom stereocenters. The van der Waals surface area contributed by atoms with Gasteiger partial charge in [-0.1, -0.05) is 29.4 Å². The first-order chi connectivity index (χ1) is 9.54. The van der Waals surface area contributed by atoms with E-state index in [0.717, 1.165) is 12.2 Å². The molecule has 0 aliphatic carbocycles. The number of anilines is 1. The Hall–Kier alpha value is -1.37. The van der Waals surface area contributed by atoms with Crippen molar-refractivity contribution in [3.05, 3.63) is 40.8 Å². The molecule has 106 valence electrons. The van der Waals surface area contributed by atoms with Crippen LogP contribution in [0, 0.1) is 0 Å². The first kappa shape index (κ1) is 15.0. The van der Waals surface area contributed by atoms with Crippen LogP contribution in [0.1, 0.15) is 11.3 Å². The fourth-order valence-electron chi connectivity index (χ4n) is 1.70. The molecule has 0 saturated heterocycles. The molecule has 0 atom stereocenters. The summed E-state index contributed by atoms with van der Waals surface area (Å²) in [7, 11) is 4.06. The Balaban J connectivity index is 2.10. The summed E-state index contributed by atoms with van der Waals surface area (Å²) in [6, 6.07) is 5.56. The maximum Gasteiger partial charge on any atom is 0.191 e. The Morgan fingerprint density at radius 3 is 2.85 bits per heavy atom. The molecule has 0 aliphatic rings. The van der Waals surface area contributed by atoms with Crippen molar-refractivity contribution in [2.45, 2.75) is 17.5 Å². The van der Waals surface area contributed by atoms with E-state index in [2.05, 4.69) is 25.9 Å². The minimum Gasteiger partial charge on any atom is -0.384 e. The first-order valence-corrected chi connectivity index (χ1v) is 7.41. The third-order valence-corrected chi connectivity index (χ3v) is 3.56. The Labute approximate surface area is 127 Å². The van der Waals surface area contributed by atoms with E-state index in [1.165, 1.54) is 23.4 Å². The molecule has 2 heterocycles. The van der Waals surface area contributed by atoms with Crippen molar-refractivity contribution in [2.24, 2.45) is 0 Å². The highest BCUT2D eigenvalue weighted by molar-refractivity contribution is 7.98. The second-order valence-electron chi connectivity index (χ2n) is 4.53. The predicted octanol–water partition coefficient (Wildman–Crippen LogP) is 2.46. The van der Waals surface area contributed by atoms with Gasteiger partial charge >= 0.3 is 0 Å². The number of nitrogens with zero attached hydrogens (tertiary/aromatic N) is 4. The van der Waals surface area contributed by atoms with E-state index >= 15 is 0 Å². The minimum absolute atomic E-state index is 0.356. The monoisotopic (exact) mass is 309 g/mol. The van der Waals surface area contributed by atoms with E-state index in [-0.39, 0.29) is 0 Å². The summed E-state index contributed by atoms with van der Waals surface area (Å²) in [5.41, 5.74) is 7.87. The molecule has 0 amide bonds. The average Bonchev–Trinajstić information content (AvgIpc) is 2.36. The van der Waals surface area contributed by atoms with Gasteiger partial charge in [-0.2, -0.15) is 0 Å². The Bertz CT molecular complexity index is 570. The summed E-state index contributed by atoms with van der Waals surface area (Å²) in [6.45, 7) is 0.849. The molecular formula is C13H16ClN5S. The van der Waals surface area contributed by atoms with Crippen molar-refractivity contribution in [1.82, 2.24) is 19.9 Å². The van der Waals surface area contributed by atoms with Crippen LogP contribution in [0.4, 0.5) is 5.82 Å². The predicted molar refractivity (Wildman–Crippen MR) is 82.6 cm³/mol. The van der Waals surface area contributed by atoms with Crippen LogP contribution in [-0.2, 0) is 12.3 Å². The topological polar surface area (TPSA) is 67.9 Å². The average molecular weight is 310 g/mol. The number of hydrogen-bond donors (Lipinski definition) is 1. The van der Waals surface area contributed by atoms with Crippen LogP contribution in [-0.4, -0.2) is 33.9 Å². The lowest BCUT2D eigenvalue weighted by molar-refractivity contribution is 0.400. The summed E-state index contributed by atoms with van der Waals surface area (Å²) in [6.07, 6.45) is 1.79. The molecule has 0 fully saturated rings. The van der Waals surface area contributed by atoms with Crippen LogP contribution < -0.4 is 5.73 Å². The normalized spacial score (nSPS) is 11.0. The van der Waals surface area contributed by atoms with Crippen molar-refractivity contribution in [1.29, 1.82) is 0 Å². The summed E-state index contributed by atoms with van der Waals surface area (Å²) in [4.78, 5) is 14.8. The van der Waals surface area contributed by atoms with Crippen molar-refractivity contribution >= 4 is 29.2 Å². The van der Waals surface area contributed by atoms with Gasteiger partial charge in [0.1, 0.15) is 11.0 Å². The number of rotatable bonds is 5. The summed E-state index contributed by atoms with van der Waals surface area (Å²) in [5, 5.41) is 0.922. The highest BCUT2D eigenvalue weighted by atomic mass is 35.5. The Morgan fingerprint density at radius 1 is 1.35 bits per heavy atom. The zero-order valence-electron chi connectivity index (χ0n) is 11.4. The molecule has 2 N–H and O–H groups in total. The smallest absolute Gasteiger partial charge is 0.191 e. The molecule has 0 aromatic carbocycles. The molecule has 7 heteroatoms.